The molecule has 0 spiro atoms. The van der Waals surface area contributed by atoms with Crippen LogP contribution in [-0.4, -0.2) is 5.91 Å². The highest BCUT2D eigenvalue weighted by Crippen LogP contribution is 1.78. The third-order valence-corrected chi connectivity index (χ3v) is 0.421. The monoisotopic (exact) mass is 101 g/mol. The number of carbonyl (C=O) groups excluding carboxylic acids is 1. The lowest BCUT2D eigenvalue weighted by atomic mass is 10.3. The first-order valence-corrected chi connectivity index (χ1v) is 1.60. The second-order valence-electron chi connectivity index (χ2n) is 1.14. The van der Waals surface area contributed by atoms with Gasteiger partial charge in [-0.25, -0.2) is 0 Å². The fraction of sp³-hybridized carbons (Fsp3) is 0.400. The Hall–Kier alpha value is -0.790. The Morgan fingerprint density at radius 3 is 1.86 bits per heavy atom. The standard InChI is InChI=1S/C4H7NO.CH4/c1-3(2)4(5)6;/h1H2,2H3,(H2,5,6);1H4. The molecule has 0 aliphatic carbocycles. The van der Waals surface area contributed by atoms with Crippen molar-refractivity contribution in [2.75, 3.05) is 0 Å². The molecule has 1 amide bonds. The molecule has 2 N–H and O–H groups in total. The zero-order valence-corrected chi connectivity index (χ0v) is 3.69. The fourth-order valence-electron chi connectivity index (χ4n) is 0. The number of hydrogen-bond acceptors (Lipinski definition) is 1. The van der Waals surface area contributed by atoms with Gasteiger partial charge in [0.2, 0.25) is 5.91 Å². The van der Waals surface area contributed by atoms with E-state index in [4.69, 9.17) is 5.73 Å². The summed E-state index contributed by atoms with van der Waals surface area (Å²) in [5.41, 5.74) is 5.09. The highest BCUT2D eigenvalue weighted by molar-refractivity contribution is 5.90. The molecule has 2 heteroatoms. The second-order valence-corrected chi connectivity index (χ2v) is 1.14. The van der Waals surface area contributed by atoms with Crippen LogP contribution in [0.5, 0.6) is 0 Å². The molecular formula is C5H11NO. The Kier molecular flexibility index (Phi) is 4.62. The maximum atomic E-state index is 9.82. The number of primary amides is 1. The van der Waals surface area contributed by atoms with E-state index < -0.39 is 5.91 Å². The molecule has 0 aromatic heterocycles. The van der Waals surface area contributed by atoms with E-state index in [0.717, 1.165) is 0 Å². The molecule has 0 aromatic carbocycles. The molecule has 0 aromatic rings. The maximum absolute atomic E-state index is 9.82. The van der Waals surface area contributed by atoms with Crippen molar-refractivity contribution in [2.24, 2.45) is 5.73 Å². The van der Waals surface area contributed by atoms with Gasteiger partial charge in [-0.2, -0.15) is 0 Å². The summed E-state index contributed by atoms with van der Waals surface area (Å²) < 4.78 is 0. The molecule has 0 rings (SSSR count). The molecule has 0 saturated heterocycles. The van der Waals surface area contributed by atoms with Crippen molar-refractivity contribution < 1.29 is 4.79 Å². The van der Waals surface area contributed by atoms with Crippen molar-refractivity contribution >= 4 is 5.91 Å². The van der Waals surface area contributed by atoms with Crippen LogP contribution in [0.2, 0.25) is 0 Å². The van der Waals surface area contributed by atoms with E-state index in [1.165, 1.54) is 0 Å². The van der Waals surface area contributed by atoms with Crippen LogP contribution in [0, 0.1) is 0 Å². The summed E-state index contributed by atoms with van der Waals surface area (Å²) in [6.45, 7) is 4.85. The van der Waals surface area contributed by atoms with Crippen LogP contribution >= 0.6 is 0 Å². The summed E-state index contributed by atoms with van der Waals surface area (Å²) in [5.74, 6) is -0.435. The van der Waals surface area contributed by atoms with E-state index in [-0.39, 0.29) is 7.43 Å². The Balaban J connectivity index is 0. The quantitative estimate of drug-likeness (QED) is 0.485. The lowest BCUT2D eigenvalue weighted by Crippen LogP contribution is -2.10. The second kappa shape index (κ2) is 3.40. The van der Waals surface area contributed by atoms with Gasteiger partial charge in [-0.3, -0.25) is 4.79 Å². The molecule has 0 heterocycles. The van der Waals surface area contributed by atoms with Crippen molar-refractivity contribution in [1.82, 2.24) is 0 Å². The molecule has 0 atom stereocenters. The van der Waals surface area contributed by atoms with E-state index in [1.807, 2.05) is 0 Å². The number of amides is 1. The number of carbonyl (C=O) groups is 1. The van der Waals surface area contributed by atoms with Crippen LogP contribution in [0.25, 0.3) is 0 Å². The Bertz CT molecular complexity index is 74.1. The average molecular weight is 101 g/mol. The van der Waals surface area contributed by atoms with E-state index in [9.17, 15) is 4.79 Å². The fourth-order valence-corrected chi connectivity index (χ4v) is 0. The van der Waals surface area contributed by atoms with Gasteiger partial charge in [0, 0.05) is 5.57 Å². The predicted molar refractivity (Wildman–Crippen MR) is 30.7 cm³/mol. The van der Waals surface area contributed by atoms with Crippen molar-refractivity contribution in [1.29, 1.82) is 0 Å². The van der Waals surface area contributed by atoms with Crippen LogP contribution < -0.4 is 5.73 Å². The van der Waals surface area contributed by atoms with Crippen LogP contribution in [0.3, 0.4) is 0 Å². The molecule has 7 heavy (non-hydrogen) atoms. The zero-order valence-electron chi connectivity index (χ0n) is 3.69. The molecule has 42 valence electrons. The summed E-state index contributed by atoms with van der Waals surface area (Å²) in [5, 5.41) is 0. The Morgan fingerprint density at radius 1 is 1.71 bits per heavy atom. The van der Waals surface area contributed by atoms with E-state index in [1.54, 1.807) is 6.92 Å². The summed E-state index contributed by atoms with van der Waals surface area (Å²) in [7, 11) is 0. The van der Waals surface area contributed by atoms with Crippen LogP contribution in [-0.2, 0) is 4.79 Å². The van der Waals surface area contributed by atoms with Gasteiger partial charge in [0.05, 0.1) is 0 Å². The Labute approximate surface area is 44.0 Å². The third-order valence-electron chi connectivity index (χ3n) is 0.421. The summed E-state index contributed by atoms with van der Waals surface area (Å²) in [6, 6.07) is 0. The van der Waals surface area contributed by atoms with Gasteiger partial charge in [-0.1, -0.05) is 14.0 Å². The van der Waals surface area contributed by atoms with Gasteiger partial charge in [-0.05, 0) is 6.92 Å². The lowest BCUT2D eigenvalue weighted by Gasteiger charge is -1.81. The smallest absolute Gasteiger partial charge is 0.243 e. The molecule has 0 aliphatic rings. The first-order valence-electron chi connectivity index (χ1n) is 1.60. The molecule has 0 unspecified atom stereocenters. The number of rotatable bonds is 1. The number of nitrogens with two attached hydrogens (primary N) is 1. The first kappa shape index (κ1) is 9.51. The summed E-state index contributed by atoms with van der Waals surface area (Å²) in [4.78, 5) is 9.82. The highest BCUT2D eigenvalue weighted by Gasteiger charge is 1.86. The summed E-state index contributed by atoms with van der Waals surface area (Å²) >= 11 is 0. The minimum absolute atomic E-state index is 0. The molecule has 0 aliphatic heterocycles. The van der Waals surface area contributed by atoms with E-state index >= 15 is 0 Å². The molecule has 0 bridgehead atoms. The summed E-state index contributed by atoms with van der Waals surface area (Å²) in [6.07, 6.45) is 0. The minimum atomic E-state index is -0.435. The first-order chi connectivity index (χ1) is 2.64. The van der Waals surface area contributed by atoms with E-state index in [2.05, 4.69) is 6.58 Å². The highest BCUT2D eigenvalue weighted by atomic mass is 16.1. The molecule has 0 radical (unpaired) electrons. The van der Waals surface area contributed by atoms with Crippen molar-refractivity contribution in [2.45, 2.75) is 14.4 Å². The van der Waals surface area contributed by atoms with E-state index in [0.29, 0.717) is 5.57 Å². The SMILES string of the molecule is C.C=C(C)C(N)=O. The average Bonchev–Trinajstić information content (AvgIpc) is 1.36. The van der Waals surface area contributed by atoms with Crippen molar-refractivity contribution in [3.05, 3.63) is 12.2 Å². The molecule has 0 fully saturated rings. The van der Waals surface area contributed by atoms with Crippen LogP contribution in [0.4, 0.5) is 0 Å². The van der Waals surface area contributed by atoms with Crippen LogP contribution in [0.1, 0.15) is 14.4 Å². The van der Waals surface area contributed by atoms with Crippen molar-refractivity contribution in [3.63, 3.8) is 0 Å². The topological polar surface area (TPSA) is 43.1 Å². The predicted octanol–water partition coefficient (Wildman–Crippen LogP) is 0.684. The molecule has 0 saturated carbocycles. The van der Waals surface area contributed by atoms with Gasteiger partial charge >= 0.3 is 0 Å². The van der Waals surface area contributed by atoms with Gasteiger partial charge in [0.1, 0.15) is 0 Å². The Morgan fingerprint density at radius 2 is 1.86 bits per heavy atom. The largest absolute Gasteiger partial charge is 0.366 e. The number of hydrogen-bond donors (Lipinski definition) is 1. The normalized spacial score (nSPS) is 6.43. The van der Waals surface area contributed by atoms with Crippen LogP contribution in [0.15, 0.2) is 12.2 Å². The third kappa shape index (κ3) is 5.21. The molecular weight excluding hydrogens is 90.1 g/mol. The molecule has 2 nitrogen and oxygen atoms in total. The maximum Gasteiger partial charge on any atom is 0.243 e. The van der Waals surface area contributed by atoms with Gasteiger partial charge < -0.3 is 5.73 Å². The van der Waals surface area contributed by atoms with Crippen molar-refractivity contribution in [3.8, 4) is 0 Å². The minimum Gasteiger partial charge on any atom is -0.366 e. The zero-order chi connectivity index (χ0) is 5.15. The van der Waals surface area contributed by atoms with Gasteiger partial charge in [0.25, 0.3) is 0 Å². The van der Waals surface area contributed by atoms with Gasteiger partial charge in [0.15, 0.2) is 0 Å². The van der Waals surface area contributed by atoms with Gasteiger partial charge in [-0.15, -0.1) is 0 Å². The lowest BCUT2D eigenvalue weighted by molar-refractivity contribution is -0.114.